The Morgan fingerprint density at radius 2 is 2.00 bits per heavy atom. The summed E-state index contributed by atoms with van der Waals surface area (Å²) >= 11 is 0. The second kappa shape index (κ2) is 6.29. The van der Waals surface area contributed by atoms with E-state index in [0.717, 1.165) is 36.5 Å². The summed E-state index contributed by atoms with van der Waals surface area (Å²) in [6, 6.07) is 9.87. The predicted octanol–water partition coefficient (Wildman–Crippen LogP) is 3.05. The molecule has 1 aliphatic carbocycles. The largest absolute Gasteiger partial charge is 0.449 e. The highest BCUT2D eigenvalue weighted by molar-refractivity contribution is 5.68. The molecule has 5 heteroatoms. The number of fused-ring (bicyclic) bond motifs is 1. The lowest BCUT2D eigenvalue weighted by atomic mass is 10.2. The van der Waals surface area contributed by atoms with Crippen LogP contribution in [0.3, 0.4) is 0 Å². The Morgan fingerprint density at radius 1 is 1.28 bits per heavy atom. The number of amides is 1. The van der Waals surface area contributed by atoms with E-state index in [1.165, 1.54) is 0 Å². The maximum absolute atomic E-state index is 11.9. The van der Waals surface area contributed by atoms with Crippen LogP contribution in [-0.4, -0.2) is 40.5 Å². The van der Waals surface area contributed by atoms with Crippen LogP contribution in [0.2, 0.25) is 0 Å². The summed E-state index contributed by atoms with van der Waals surface area (Å²) in [5, 5.41) is 4.73. The van der Waals surface area contributed by atoms with Gasteiger partial charge in [-0.3, -0.25) is 0 Å². The van der Waals surface area contributed by atoms with Crippen molar-refractivity contribution in [2.24, 2.45) is 11.8 Å². The number of benzene rings is 1. The van der Waals surface area contributed by atoms with Crippen molar-refractivity contribution in [3.63, 3.8) is 0 Å². The molecule has 128 valence electrons. The van der Waals surface area contributed by atoms with Gasteiger partial charge in [0.05, 0.1) is 18.0 Å². The van der Waals surface area contributed by atoms with Crippen LogP contribution in [0.5, 0.6) is 0 Å². The number of nitrogens with zero attached hydrogens (tertiary/aromatic N) is 3. The fourth-order valence-corrected chi connectivity index (χ4v) is 3.76. The minimum absolute atomic E-state index is 0.174. The molecule has 5 nitrogen and oxygen atoms in total. The van der Waals surface area contributed by atoms with Crippen LogP contribution in [0.4, 0.5) is 4.79 Å². The fraction of sp³-hybridized carbons (Fsp3) is 0.400. The van der Waals surface area contributed by atoms with Gasteiger partial charge in [-0.1, -0.05) is 12.8 Å². The molecule has 0 N–H and O–H groups in total. The smallest absolute Gasteiger partial charge is 0.409 e. The molecule has 3 atom stereocenters. The number of carbonyl (C=O) groups is 1. The number of likely N-dealkylation sites (tertiary alicyclic amines) is 1. The van der Waals surface area contributed by atoms with E-state index in [4.69, 9.17) is 16.3 Å². The van der Waals surface area contributed by atoms with E-state index in [9.17, 15) is 4.79 Å². The van der Waals surface area contributed by atoms with Crippen LogP contribution < -0.4 is 0 Å². The lowest BCUT2D eigenvalue weighted by Crippen LogP contribution is -2.32. The second-order valence-electron chi connectivity index (χ2n) is 6.75. The van der Waals surface area contributed by atoms with Gasteiger partial charge in [0.25, 0.3) is 0 Å². The van der Waals surface area contributed by atoms with Crippen molar-refractivity contribution in [1.82, 2.24) is 14.7 Å². The quantitative estimate of drug-likeness (QED) is 0.807. The van der Waals surface area contributed by atoms with Crippen molar-refractivity contribution in [3.05, 3.63) is 47.8 Å². The molecule has 0 bridgehead atoms. The molecule has 4 rings (SSSR count). The molecule has 1 unspecified atom stereocenters. The minimum Gasteiger partial charge on any atom is -0.449 e. The summed E-state index contributed by atoms with van der Waals surface area (Å²) in [4.78, 5) is 13.8. The van der Waals surface area contributed by atoms with Gasteiger partial charge in [-0.25, -0.2) is 9.48 Å². The molecule has 25 heavy (non-hydrogen) atoms. The average molecular weight is 335 g/mol. The van der Waals surface area contributed by atoms with Crippen LogP contribution in [-0.2, 0) is 4.74 Å². The van der Waals surface area contributed by atoms with Crippen molar-refractivity contribution in [1.29, 1.82) is 0 Å². The fourth-order valence-electron chi connectivity index (χ4n) is 3.76. The number of hydrogen-bond acceptors (Lipinski definition) is 3. The van der Waals surface area contributed by atoms with Gasteiger partial charge < -0.3 is 9.64 Å². The summed E-state index contributed by atoms with van der Waals surface area (Å²) in [5.74, 6) is 4.11. The minimum atomic E-state index is -0.174. The van der Waals surface area contributed by atoms with E-state index >= 15 is 0 Å². The van der Waals surface area contributed by atoms with Gasteiger partial charge in [0.15, 0.2) is 0 Å². The van der Waals surface area contributed by atoms with Crippen molar-refractivity contribution >= 4 is 6.09 Å². The Bertz CT molecular complexity index is 806. The van der Waals surface area contributed by atoms with Crippen LogP contribution in [0, 0.1) is 24.2 Å². The van der Waals surface area contributed by atoms with E-state index in [0.29, 0.717) is 24.4 Å². The second-order valence-corrected chi connectivity index (χ2v) is 6.75. The number of piperidine rings is 1. The molecule has 1 aromatic heterocycles. The Hall–Kier alpha value is -2.74. The van der Waals surface area contributed by atoms with Gasteiger partial charge in [0.2, 0.25) is 0 Å². The van der Waals surface area contributed by atoms with E-state index in [-0.39, 0.29) is 6.09 Å². The van der Waals surface area contributed by atoms with Gasteiger partial charge in [0, 0.05) is 30.8 Å². The zero-order chi connectivity index (χ0) is 17.4. The summed E-state index contributed by atoms with van der Waals surface area (Å²) in [7, 11) is 0. The van der Waals surface area contributed by atoms with E-state index in [2.05, 4.69) is 12.0 Å². The van der Waals surface area contributed by atoms with Crippen LogP contribution >= 0.6 is 0 Å². The van der Waals surface area contributed by atoms with Crippen molar-refractivity contribution in [2.75, 3.05) is 19.7 Å². The highest BCUT2D eigenvalue weighted by Crippen LogP contribution is 2.57. The van der Waals surface area contributed by atoms with Gasteiger partial charge >= 0.3 is 6.09 Å². The van der Waals surface area contributed by atoms with Gasteiger partial charge in [-0.15, -0.1) is 6.42 Å². The maximum atomic E-state index is 11.9. The number of carbonyl (C=O) groups excluding carboxylic acids is 1. The molecular weight excluding hydrogens is 314 g/mol. The van der Waals surface area contributed by atoms with Crippen molar-refractivity contribution in [3.8, 4) is 18.0 Å². The topological polar surface area (TPSA) is 47.4 Å². The lowest BCUT2D eigenvalue weighted by molar-refractivity contribution is 0.106. The first kappa shape index (κ1) is 15.8. The summed E-state index contributed by atoms with van der Waals surface area (Å²) in [5.41, 5.74) is 2.97. The Labute approximate surface area is 147 Å². The number of ether oxygens (including phenoxy) is 1. The molecule has 1 saturated carbocycles. The highest BCUT2D eigenvalue weighted by atomic mass is 16.6. The number of hydrogen-bond donors (Lipinski definition) is 0. The monoisotopic (exact) mass is 335 g/mol. The Balaban J connectivity index is 1.39. The maximum Gasteiger partial charge on any atom is 0.409 e. The lowest BCUT2D eigenvalue weighted by Gasteiger charge is -2.18. The number of rotatable bonds is 4. The average Bonchev–Trinajstić information content (AvgIpc) is 3.03. The third-order valence-electron chi connectivity index (χ3n) is 5.13. The molecule has 1 aliphatic heterocycles. The molecule has 2 heterocycles. The van der Waals surface area contributed by atoms with Crippen molar-refractivity contribution < 1.29 is 9.53 Å². The molecule has 2 aromatic rings. The third-order valence-corrected chi connectivity index (χ3v) is 5.13. The molecular formula is C20H21N3O2. The zero-order valence-corrected chi connectivity index (χ0v) is 14.3. The number of aromatic nitrogens is 2. The van der Waals surface area contributed by atoms with Crippen LogP contribution in [0.15, 0.2) is 36.5 Å². The first-order valence-corrected chi connectivity index (χ1v) is 8.75. The standard InChI is InChI=1S/C20H21N3O2/c1-3-11-25-20(24)22-12-16-17(13-22)19(16)18-9-10-23(21-18)15-7-5-14(4-2)6-8-15/h2,5-10,16-17,19H,3,11-13H2,1H3/t16-,17+,19?. The molecule has 1 aromatic carbocycles. The predicted molar refractivity (Wildman–Crippen MR) is 94.4 cm³/mol. The first-order valence-electron chi connectivity index (χ1n) is 8.75. The SMILES string of the molecule is C#Cc1ccc(-n2ccc(C3[C@H]4CN(C(=O)OCCC)C[C@@H]34)n2)cc1. The molecule has 1 amide bonds. The Morgan fingerprint density at radius 3 is 2.64 bits per heavy atom. The Kier molecular flexibility index (Phi) is 3.96. The summed E-state index contributed by atoms with van der Waals surface area (Å²) in [6.07, 6.45) is 8.06. The first-order chi connectivity index (χ1) is 12.2. The van der Waals surface area contributed by atoms with Gasteiger partial charge in [-0.2, -0.15) is 5.10 Å². The summed E-state index contributed by atoms with van der Waals surface area (Å²) in [6.45, 7) is 4.06. The van der Waals surface area contributed by atoms with Crippen molar-refractivity contribution in [2.45, 2.75) is 19.3 Å². The van der Waals surface area contributed by atoms with E-state index in [1.54, 1.807) is 0 Å². The summed E-state index contributed by atoms with van der Waals surface area (Å²) < 4.78 is 7.10. The van der Waals surface area contributed by atoms with Gasteiger partial charge in [0.1, 0.15) is 0 Å². The van der Waals surface area contributed by atoms with Crippen LogP contribution in [0.1, 0.15) is 30.5 Å². The number of terminal acetylenes is 1. The van der Waals surface area contributed by atoms with E-state index < -0.39 is 0 Å². The van der Waals surface area contributed by atoms with Gasteiger partial charge in [-0.05, 0) is 48.6 Å². The van der Waals surface area contributed by atoms with E-state index in [1.807, 2.05) is 47.0 Å². The molecule has 2 fully saturated rings. The third kappa shape index (κ3) is 2.89. The molecule has 0 spiro atoms. The molecule has 1 saturated heterocycles. The molecule has 2 aliphatic rings. The molecule has 0 radical (unpaired) electrons. The normalized spacial score (nSPS) is 23.8. The highest BCUT2D eigenvalue weighted by Gasteiger charge is 2.58. The zero-order valence-electron chi connectivity index (χ0n) is 14.3. The van der Waals surface area contributed by atoms with Crippen LogP contribution in [0.25, 0.3) is 5.69 Å².